The van der Waals surface area contributed by atoms with Crippen molar-refractivity contribution in [1.29, 1.82) is 0 Å². The Hall–Kier alpha value is -1.56. The molecule has 0 aromatic heterocycles. The van der Waals surface area contributed by atoms with E-state index in [1.165, 1.54) is 33.3 Å². The second-order valence-corrected chi connectivity index (χ2v) is 5.52. The highest BCUT2D eigenvalue weighted by Crippen LogP contribution is 2.32. The SMILES string of the molecule is COc1cc(C(C)=O)c(S(C)(=O)=O)cc1OC. The van der Waals surface area contributed by atoms with E-state index in [-0.39, 0.29) is 22.0 Å². The predicted molar refractivity (Wildman–Crippen MR) is 62.7 cm³/mol. The molecule has 0 saturated heterocycles. The van der Waals surface area contributed by atoms with Crippen molar-refractivity contribution in [1.82, 2.24) is 0 Å². The summed E-state index contributed by atoms with van der Waals surface area (Å²) < 4.78 is 33.2. The van der Waals surface area contributed by atoms with Crippen LogP contribution in [0.15, 0.2) is 17.0 Å². The average molecular weight is 258 g/mol. The maximum absolute atomic E-state index is 11.6. The van der Waals surface area contributed by atoms with Crippen LogP contribution in [0.3, 0.4) is 0 Å². The summed E-state index contributed by atoms with van der Waals surface area (Å²) in [5, 5.41) is 0. The third-order valence-corrected chi connectivity index (χ3v) is 3.40. The Morgan fingerprint density at radius 3 is 1.94 bits per heavy atom. The first kappa shape index (κ1) is 13.5. The molecule has 1 rings (SSSR count). The third-order valence-electron chi connectivity index (χ3n) is 2.26. The second-order valence-electron chi connectivity index (χ2n) is 3.53. The van der Waals surface area contributed by atoms with E-state index in [1.807, 2.05) is 0 Å². The molecular formula is C11H14O5S. The molecule has 0 spiro atoms. The van der Waals surface area contributed by atoms with Crippen molar-refractivity contribution < 1.29 is 22.7 Å². The number of Topliss-reactive ketones (excluding diaryl/α,β-unsaturated/α-hetero) is 1. The Balaban J connectivity index is 3.64. The van der Waals surface area contributed by atoms with E-state index < -0.39 is 9.84 Å². The molecule has 0 unspecified atom stereocenters. The molecule has 6 heteroatoms. The Labute approximate surface area is 100 Å². The summed E-state index contributed by atoms with van der Waals surface area (Å²) in [6, 6.07) is 2.67. The molecule has 0 heterocycles. The van der Waals surface area contributed by atoms with Gasteiger partial charge in [0.2, 0.25) is 0 Å². The van der Waals surface area contributed by atoms with E-state index in [0.717, 1.165) is 6.26 Å². The van der Waals surface area contributed by atoms with Crippen LogP contribution in [0.4, 0.5) is 0 Å². The lowest BCUT2D eigenvalue weighted by Gasteiger charge is -2.12. The molecule has 0 atom stereocenters. The van der Waals surface area contributed by atoms with Crippen molar-refractivity contribution in [2.45, 2.75) is 11.8 Å². The van der Waals surface area contributed by atoms with Gasteiger partial charge in [-0.15, -0.1) is 0 Å². The Morgan fingerprint density at radius 1 is 1.12 bits per heavy atom. The molecule has 1 aromatic carbocycles. The van der Waals surface area contributed by atoms with Crippen LogP contribution in [-0.2, 0) is 9.84 Å². The fourth-order valence-corrected chi connectivity index (χ4v) is 2.37. The maximum Gasteiger partial charge on any atom is 0.176 e. The highest BCUT2D eigenvalue weighted by Gasteiger charge is 2.20. The van der Waals surface area contributed by atoms with Gasteiger partial charge in [-0.2, -0.15) is 0 Å². The lowest BCUT2D eigenvalue weighted by atomic mass is 10.1. The Bertz CT molecular complexity index is 545. The van der Waals surface area contributed by atoms with E-state index in [2.05, 4.69) is 0 Å². The minimum atomic E-state index is -3.49. The van der Waals surface area contributed by atoms with Gasteiger partial charge in [0.25, 0.3) is 0 Å². The maximum atomic E-state index is 11.6. The van der Waals surface area contributed by atoms with Crippen molar-refractivity contribution in [3.63, 3.8) is 0 Å². The van der Waals surface area contributed by atoms with Gasteiger partial charge in [0.1, 0.15) is 0 Å². The first-order valence-corrected chi connectivity index (χ1v) is 6.67. The average Bonchev–Trinajstić information content (AvgIpc) is 2.25. The summed E-state index contributed by atoms with van der Waals surface area (Å²) in [6.45, 7) is 1.30. The normalized spacial score (nSPS) is 11.1. The molecule has 0 aliphatic heterocycles. The van der Waals surface area contributed by atoms with Crippen LogP contribution < -0.4 is 9.47 Å². The van der Waals surface area contributed by atoms with Crippen LogP contribution in [0, 0.1) is 0 Å². The largest absolute Gasteiger partial charge is 0.493 e. The standard InChI is InChI=1S/C11H14O5S/c1-7(12)8-5-9(15-2)10(16-3)6-11(8)17(4,13)14/h5-6H,1-4H3. The second kappa shape index (κ2) is 4.75. The number of rotatable bonds is 4. The molecule has 0 saturated carbocycles. The molecule has 17 heavy (non-hydrogen) atoms. The summed E-state index contributed by atoms with van der Waals surface area (Å²) >= 11 is 0. The number of hydrogen-bond donors (Lipinski definition) is 0. The van der Waals surface area contributed by atoms with Crippen LogP contribution in [0.2, 0.25) is 0 Å². The van der Waals surface area contributed by atoms with E-state index in [1.54, 1.807) is 0 Å². The Morgan fingerprint density at radius 2 is 1.59 bits per heavy atom. The molecule has 5 nitrogen and oxygen atoms in total. The van der Waals surface area contributed by atoms with Crippen molar-refractivity contribution in [3.8, 4) is 11.5 Å². The summed E-state index contributed by atoms with van der Waals surface area (Å²) in [5.41, 5.74) is 0.102. The van der Waals surface area contributed by atoms with Gasteiger partial charge in [0, 0.05) is 17.9 Å². The van der Waals surface area contributed by atoms with Gasteiger partial charge in [0.15, 0.2) is 27.1 Å². The molecule has 0 N–H and O–H groups in total. The smallest absolute Gasteiger partial charge is 0.176 e. The lowest BCUT2D eigenvalue weighted by Crippen LogP contribution is -2.07. The molecule has 0 fully saturated rings. The van der Waals surface area contributed by atoms with E-state index in [0.29, 0.717) is 5.75 Å². The van der Waals surface area contributed by atoms with Gasteiger partial charge in [-0.1, -0.05) is 0 Å². The zero-order valence-electron chi connectivity index (χ0n) is 10.1. The van der Waals surface area contributed by atoms with Crippen molar-refractivity contribution in [2.24, 2.45) is 0 Å². The monoisotopic (exact) mass is 258 g/mol. The van der Waals surface area contributed by atoms with Crippen LogP contribution >= 0.6 is 0 Å². The fraction of sp³-hybridized carbons (Fsp3) is 0.364. The lowest BCUT2D eigenvalue weighted by molar-refractivity contribution is 0.101. The number of carbonyl (C=O) groups is 1. The summed E-state index contributed by atoms with van der Waals surface area (Å²) in [5.74, 6) is 0.259. The summed E-state index contributed by atoms with van der Waals surface area (Å²) in [4.78, 5) is 11.4. The number of ketones is 1. The van der Waals surface area contributed by atoms with Gasteiger partial charge < -0.3 is 9.47 Å². The van der Waals surface area contributed by atoms with Gasteiger partial charge in [-0.05, 0) is 13.0 Å². The third kappa shape index (κ3) is 2.76. The predicted octanol–water partition coefficient (Wildman–Crippen LogP) is 1.31. The molecule has 0 aliphatic rings. The first-order chi connectivity index (χ1) is 7.81. The summed E-state index contributed by atoms with van der Waals surface area (Å²) in [7, 11) is -0.674. The van der Waals surface area contributed by atoms with Gasteiger partial charge in [0.05, 0.1) is 19.1 Å². The van der Waals surface area contributed by atoms with E-state index in [9.17, 15) is 13.2 Å². The van der Waals surface area contributed by atoms with Gasteiger partial charge in [-0.25, -0.2) is 8.42 Å². The fourth-order valence-electron chi connectivity index (χ4n) is 1.44. The molecule has 0 amide bonds. The van der Waals surface area contributed by atoms with Gasteiger partial charge in [-0.3, -0.25) is 4.79 Å². The molecule has 0 aliphatic carbocycles. The number of hydrogen-bond acceptors (Lipinski definition) is 5. The topological polar surface area (TPSA) is 69.7 Å². The van der Waals surface area contributed by atoms with E-state index in [4.69, 9.17) is 9.47 Å². The van der Waals surface area contributed by atoms with Gasteiger partial charge >= 0.3 is 0 Å². The molecule has 94 valence electrons. The number of benzene rings is 1. The van der Waals surface area contributed by atoms with Crippen LogP contribution in [0.25, 0.3) is 0 Å². The first-order valence-electron chi connectivity index (χ1n) is 4.78. The highest BCUT2D eigenvalue weighted by molar-refractivity contribution is 7.90. The zero-order valence-corrected chi connectivity index (χ0v) is 10.9. The highest BCUT2D eigenvalue weighted by atomic mass is 32.2. The number of methoxy groups -OCH3 is 2. The molecule has 1 aromatic rings. The van der Waals surface area contributed by atoms with Crippen LogP contribution in [-0.4, -0.2) is 34.7 Å². The van der Waals surface area contributed by atoms with Crippen LogP contribution in [0.1, 0.15) is 17.3 Å². The molecule has 0 radical (unpaired) electrons. The number of sulfone groups is 1. The van der Waals surface area contributed by atoms with Crippen molar-refractivity contribution in [3.05, 3.63) is 17.7 Å². The summed E-state index contributed by atoms with van der Waals surface area (Å²) in [6.07, 6.45) is 1.04. The number of ether oxygens (including phenoxy) is 2. The number of carbonyl (C=O) groups excluding carboxylic acids is 1. The minimum Gasteiger partial charge on any atom is -0.493 e. The zero-order chi connectivity index (χ0) is 13.2. The quantitative estimate of drug-likeness (QED) is 0.761. The molecule has 0 bridgehead atoms. The molecular weight excluding hydrogens is 244 g/mol. The Kier molecular flexibility index (Phi) is 3.77. The van der Waals surface area contributed by atoms with Crippen molar-refractivity contribution >= 4 is 15.6 Å². The minimum absolute atomic E-state index is 0.0531. The van der Waals surface area contributed by atoms with E-state index >= 15 is 0 Å². The van der Waals surface area contributed by atoms with Crippen molar-refractivity contribution in [2.75, 3.05) is 20.5 Å². The van der Waals surface area contributed by atoms with Crippen LogP contribution in [0.5, 0.6) is 11.5 Å².